The monoisotopic (exact) mass is 404 g/mol. The van der Waals surface area contributed by atoms with E-state index in [0.29, 0.717) is 18.4 Å². The van der Waals surface area contributed by atoms with Crippen molar-refractivity contribution < 1.29 is 4.74 Å². The Morgan fingerprint density at radius 2 is 2.03 bits per heavy atom. The second kappa shape index (κ2) is 8.13. The fourth-order valence-electron chi connectivity index (χ4n) is 3.75. The third-order valence-electron chi connectivity index (χ3n) is 5.42. The molecule has 9 nitrogen and oxygen atoms in total. The number of hydrazine groups is 1. The lowest BCUT2D eigenvalue weighted by Crippen LogP contribution is -2.19. The molecule has 154 valence electrons. The molecule has 0 spiro atoms. The molecule has 0 unspecified atom stereocenters. The van der Waals surface area contributed by atoms with E-state index < -0.39 is 0 Å². The first kappa shape index (κ1) is 18.6. The molecule has 4 N–H and O–H groups in total. The van der Waals surface area contributed by atoms with Gasteiger partial charge in [0.25, 0.3) is 0 Å². The molecule has 5 heterocycles. The maximum Gasteiger partial charge on any atom is 0.151 e. The molecule has 9 heteroatoms. The van der Waals surface area contributed by atoms with Crippen LogP contribution in [0.4, 0.5) is 11.5 Å². The van der Waals surface area contributed by atoms with Crippen molar-refractivity contribution in [1.29, 1.82) is 0 Å². The lowest BCUT2D eigenvalue weighted by Gasteiger charge is -2.22. The molecule has 0 aromatic carbocycles. The fraction of sp³-hybridized carbons (Fsp3) is 0.286. The van der Waals surface area contributed by atoms with E-state index >= 15 is 0 Å². The number of nitrogens with two attached hydrogens (primary N) is 1. The highest BCUT2D eigenvalue weighted by atomic mass is 16.5. The van der Waals surface area contributed by atoms with Gasteiger partial charge in [-0.25, -0.2) is 9.97 Å². The number of nitrogen functional groups attached to an aromatic ring is 1. The van der Waals surface area contributed by atoms with Crippen molar-refractivity contribution >= 4 is 17.2 Å². The first-order chi connectivity index (χ1) is 14.8. The van der Waals surface area contributed by atoms with E-state index in [9.17, 15) is 0 Å². The molecule has 0 amide bonds. The molecule has 1 aliphatic rings. The van der Waals surface area contributed by atoms with E-state index in [2.05, 4.69) is 27.0 Å². The minimum atomic E-state index is 0.383. The Morgan fingerprint density at radius 1 is 1.13 bits per heavy atom. The molecule has 0 saturated carbocycles. The van der Waals surface area contributed by atoms with Crippen LogP contribution in [0.25, 0.3) is 16.9 Å². The molecular weight excluding hydrogens is 380 g/mol. The zero-order valence-electron chi connectivity index (χ0n) is 16.5. The van der Waals surface area contributed by atoms with Crippen LogP contribution in [0.3, 0.4) is 0 Å². The normalized spacial score (nSPS) is 14.8. The molecule has 30 heavy (non-hydrogen) atoms. The Hall–Kier alpha value is -3.43. The van der Waals surface area contributed by atoms with Crippen molar-refractivity contribution in [3.05, 3.63) is 60.8 Å². The number of hydrogen-bond donors (Lipinski definition) is 3. The number of anilines is 2. The summed E-state index contributed by atoms with van der Waals surface area (Å²) in [6.45, 7) is 2.18. The van der Waals surface area contributed by atoms with Gasteiger partial charge in [-0.1, -0.05) is 6.07 Å². The Labute approximate surface area is 173 Å². The van der Waals surface area contributed by atoms with E-state index in [4.69, 9.17) is 15.6 Å². The van der Waals surface area contributed by atoms with Gasteiger partial charge in [-0.05, 0) is 36.6 Å². The highest BCUT2D eigenvalue weighted by Crippen LogP contribution is 2.27. The van der Waals surface area contributed by atoms with E-state index in [0.717, 1.165) is 54.2 Å². The Balaban J connectivity index is 1.36. The standard InChI is InChI=1S/C21H24N8O/c22-27-19-3-2-18(16-12-25-29(14-16)17-5-9-30-10-6-17)26-21(19)24-11-15-1-4-20-23-7-8-28(20)13-15/h1-4,7-8,12-14,17,27H,5-6,9-11,22H2,(H,24,26). The number of fused-ring (bicyclic) bond motifs is 1. The van der Waals surface area contributed by atoms with Crippen LogP contribution in [0.15, 0.2) is 55.2 Å². The number of rotatable bonds is 6. The molecule has 1 aliphatic heterocycles. The van der Waals surface area contributed by atoms with Crippen LogP contribution in [-0.2, 0) is 11.3 Å². The molecule has 5 rings (SSSR count). The summed E-state index contributed by atoms with van der Waals surface area (Å²) in [7, 11) is 0. The van der Waals surface area contributed by atoms with Crippen LogP contribution in [0, 0.1) is 0 Å². The van der Waals surface area contributed by atoms with Crippen LogP contribution < -0.4 is 16.6 Å². The molecule has 0 bridgehead atoms. The second-order valence-corrected chi connectivity index (χ2v) is 7.37. The van der Waals surface area contributed by atoms with Gasteiger partial charge in [0.1, 0.15) is 5.65 Å². The van der Waals surface area contributed by atoms with E-state index in [1.807, 2.05) is 51.9 Å². The lowest BCUT2D eigenvalue weighted by atomic mass is 10.1. The summed E-state index contributed by atoms with van der Waals surface area (Å²) < 4.78 is 9.47. The van der Waals surface area contributed by atoms with Gasteiger partial charge in [-0.15, -0.1) is 0 Å². The van der Waals surface area contributed by atoms with Crippen LogP contribution in [0.2, 0.25) is 0 Å². The minimum Gasteiger partial charge on any atom is -0.381 e. The summed E-state index contributed by atoms with van der Waals surface area (Å²) in [6, 6.07) is 8.30. The maximum atomic E-state index is 5.70. The predicted octanol–water partition coefficient (Wildman–Crippen LogP) is 2.84. The lowest BCUT2D eigenvalue weighted by molar-refractivity contribution is 0.0662. The third kappa shape index (κ3) is 3.72. The van der Waals surface area contributed by atoms with Gasteiger partial charge in [-0.3, -0.25) is 10.5 Å². The first-order valence-corrected chi connectivity index (χ1v) is 10.1. The average molecular weight is 404 g/mol. The Morgan fingerprint density at radius 3 is 2.90 bits per heavy atom. The van der Waals surface area contributed by atoms with Gasteiger partial charge >= 0.3 is 0 Å². The maximum absolute atomic E-state index is 5.70. The molecule has 0 atom stereocenters. The summed E-state index contributed by atoms with van der Waals surface area (Å²) in [6.07, 6.45) is 11.7. The van der Waals surface area contributed by atoms with E-state index in [-0.39, 0.29) is 0 Å². The number of hydrogen-bond acceptors (Lipinski definition) is 7. The van der Waals surface area contributed by atoms with E-state index in [1.54, 1.807) is 6.20 Å². The van der Waals surface area contributed by atoms with Crippen molar-refractivity contribution in [3.8, 4) is 11.3 Å². The number of pyridine rings is 2. The van der Waals surface area contributed by atoms with Crippen molar-refractivity contribution in [3.63, 3.8) is 0 Å². The Kier molecular flexibility index (Phi) is 5.04. The van der Waals surface area contributed by atoms with Crippen LogP contribution in [0.5, 0.6) is 0 Å². The van der Waals surface area contributed by atoms with Crippen molar-refractivity contribution in [1.82, 2.24) is 24.1 Å². The number of aromatic nitrogens is 5. The van der Waals surface area contributed by atoms with Crippen molar-refractivity contribution in [2.24, 2.45) is 5.84 Å². The van der Waals surface area contributed by atoms with Crippen molar-refractivity contribution in [2.75, 3.05) is 24.0 Å². The van der Waals surface area contributed by atoms with Gasteiger partial charge in [0.2, 0.25) is 0 Å². The number of imidazole rings is 1. The third-order valence-corrected chi connectivity index (χ3v) is 5.42. The summed E-state index contributed by atoms with van der Waals surface area (Å²) in [5.41, 5.74) is 7.32. The van der Waals surface area contributed by atoms with Gasteiger partial charge in [0.15, 0.2) is 5.82 Å². The van der Waals surface area contributed by atoms with Crippen molar-refractivity contribution in [2.45, 2.75) is 25.4 Å². The summed E-state index contributed by atoms with van der Waals surface area (Å²) in [5, 5.41) is 7.94. The molecule has 4 aromatic heterocycles. The molecule has 4 aromatic rings. The molecular formula is C21H24N8O. The highest BCUT2D eigenvalue weighted by Gasteiger charge is 2.17. The molecule has 1 saturated heterocycles. The predicted molar refractivity (Wildman–Crippen MR) is 115 cm³/mol. The highest BCUT2D eigenvalue weighted by molar-refractivity contribution is 5.70. The number of nitrogens with one attached hydrogen (secondary N) is 2. The quantitative estimate of drug-likeness (QED) is 0.335. The largest absolute Gasteiger partial charge is 0.381 e. The summed E-state index contributed by atoms with van der Waals surface area (Å²) in [5.74, 6) is 6.39. The average Bonchev–Trinajstić information content (AvgIpc) is 3.47. The van der Waals surface area contributed by atoms with Gasteiger partial charge in [-0.2, -0.15) is 5.10 Å². The molecule has 0 aliphatic carbocycles. The second-order valence-electron chi connectivity index (χ2n) is 7.37. The fourth-order valence-corrected chi connectivity index (χ4v) is 3.75. The number of ether oxygens (including phenoxy) is 1. The first-order valence-electron chi connectivity index (χ1n) is 10.1. The van der Waals surface area contributed by atoms with Gasteiger partial charge in [0.05, 0.1) is 23.6 Å². The van der Waals surface area contributed by atoms with E-state index in [1.165, 1.54) is 0 Å². The zero-order chi connectivity index (χ0) is 20.3. The van der Waals surface area contributed by atoms with Gasteiger partial charge < -0.3 is 19.9 Å². The zero-order valence-corrected chi connectivity index (χ0v) is 16.5. The van der Waals surface area contributed by atoms with Crippen LogP contribution in [0.1, 0.15) is 24.4 Å². The molecule has 1 fully saturated rings. The SMILES string of the molecule is NNc1ccc(-c2cnn(C3CCOCC3)c2)nc1NCc1ccc2nccn2c1. The smallest absolute Gasteiger partial charge is 0.151 e. The topological polar surface area (TPSA) is 107 Å². The summed E-state index contributed by atoms with van der Waals surface area (Å²) in [4.78, 5) is 9.06. The van der Waals surface area contributed by atoms with Crippen LogP contribution in [-0.4, -0.2) is 37.4 Å². The Bertz CT molecular complexity index is 1140. The minimum absolute atomic E-state index is 0.383. The molecule has 0 radical (unpaired) electrons. The number of nitrogens with zero attached hydrogens (tertiary/aromatic N) is 5. The summed E-state index contributed by atoms with van der Waals surface area (Å²) >= 11 is 0. The van der Waals surface area contributed by atoms with Gasteiger partial charge in [0, 0.05) is 50.1 Å². The van der Waals surface area contributed by atoms with Crippen LogP contribution >= 0.6 is 0 Å².